The van der Waals surface area contributed by atoms with Gasteiger partial charge >= 0.3 is 11.9 Å². The summed E-state index contributed by atoms with van der Waals surface area (Å²) < 4.78 is 0. The fourth-order valence-electron chi connectivity index (χ4n) is 5.84. The zero-order chi connectivity index (χ0) is 30.4. The summed E-state index contributed by atoms with van der Waals surface area (Å²) in [6.45, 7) is 4.44. The summed E-state index contributed by atoms with van der Waals surface area (Å²) in [5.74, 6) is -0.935. The van der Waals surface area contributed by atoms with Crippen molar-refractivity contribution in [1.82, 2.24) is 20.0 Å². The molecule has 0 radical (unpaired) electrons. The van der Waals surface area contributed by atoms with Crippen LogP contribution in [0.2, 0.25) is 0 Å². The molecule has 4 saturated carbocycles. The fourth-order valence-corrected chi connectivity index (χ4v) is 5.84. The molecule has 4 aliphatic carbocycles. The molecule has 0 saturated heterocycles. The van der Waals surface area contributed by atoms with E-state index in [9.17, 15) is 9.59 Å². The van der Waals surface area contributed by atoms with E-state index in [0.717, 1.165) is 24.9 Å². The third kappa shape index (κ3) is 9.32. The molecule has 230 valence electrons. The van der Waals surface area contributed by atoms with Gasteiger partial charge in [-0.15, -0.1) is 0 Å². The first kappa shape index (κ1) is 35.6. The highest BCUT2D eigenvalue weighted by Crippen LogP contribution is 2.30. The van der Waals surface area contributed by atoms with Crippen molar-refractivity contribution in [3.05, 3.63) is 0 Å². The lowest BCUT2D eigenvalue weighted by Gasteiger charge is -2.44. The Morgan fingerprint density at radius 3 is 1.08 bits per heavy atom. The molecule has 0 bridgehead atoms. The molecule has 39 heavy (non-hydrogen) atoms. The van der Waals surface area contributed by atoms with Gasteiger partial charge in [0, 0.05) is 48.3 Å². The topological polar surface area (TPSA) is 200 Å². The van der Waals surface area contributed by atoms with E-state index in [0.29, 0.717) is 23.9 Å². The first-order chi connectivity index (χ1) is 18.0. The Kier molecular flexibility index (Phi) is 14.2. The smallest absolute Gasteiger partial charge is 0.309 e. The monoisotopic (exact) mass is 558 g/mol. The maximum Gasteiger partial charge on any atom is 0.309 e. The van der Waals surface area contributed by atoms with Crippen molar-refractivity contribution in [1.29, 1.82) is 0 Å². The number of hydrogen-bond donors (Lipinski definition) is 7. The summed E-state index contributed by atoms with van der Waals surface area (Å²) in [7, 11) is 14.0. The molecule has 12 unspecified atom stereocenters. The summed E-state index contributed by atoms with van der Waals surface area (Å²) >= 11 is 0. The average molecular weight is 559 g/mol. The second-order valence-electron chi connectivity index (χ2n) is 12.5. The van der Waals surface area contributed by atoms with Crippen LogP contribution in [0.1, 0.15) is 39.5 Å². The molecule has 12 heteroatoms. The Bertz CT molecular complexity index is 744. The van der Waals surface area contributed by atoms with Gasteiger partial charge in [-0.05, 0) is 86.9 Å². The van der Waals surface area contributed by atoms with Crippen LogP contribution < -0.4 is 28.3 Å². The number of carboxylic acid groups (broad SMARTS) is 2. The molecule has 0 amide bonds. The van der Waals surface area contributed by atoms with Gasteiger partial charge in [0.05, 0.1) is 11.8 Å². The van der Waals surface area contributed by atoms with E-state index in [1.807, 2.05) is 19.0 Å². The molecule has 0 aromatic rings. The molecule has 0 aliphatic heterocycles. The normalized spacial score (nSPS) is 40.2. The van der Waals surface area contributed by atoms with Crippen LogP contribution in [0.15, 0.2) is 0 Å². The van der Waals surface area contributed by atoms with E-state index in [-0.39, 0.29) is 36.0 Å². The number of aliphatic carboxylic acids is 2. The Morgan fingerprint density at radius 2 is 0.949 bits per heavy atom. The lowest BCUT2D eigenvalue weighted by Crippen LogP contribution is -2.60. The van der Waals surface area contributed by atoms with Crippen LogP contribution >= 0.6 is 0 Å². The minimum absolute atomic E-state index is 0.0764. The fraction of sp³-hybridized carbons (Fsp3) is 0.926. The summed E-state index contributed by atoms with van der Waals surface area (Å²) in [6, 6.07) is 2.28. The van der Waals surface area contributed by atoms with Crippen LogP contribution in [0, 0.1) is 23.7 Å². The maximum atomic E-state index is 10.6. The minimum atomic E-state index is -0.793. The molecule has 0 aromatic heterocycles. The predicted octanol–water partition coefficient (Wildman–Crippen LogP) is -1.08. The summed E-state index contributed by atoms with van der Waals surface area (Å²) in [5, 5.41) is 20.2. The van der Waals surface area contributed by atoms with E-state index in [2.05, 4.69) is 57.2 Å². The van der Waals surface area contributed by atoms with Crippen molar-refractivity contribution in [2.45, 2.75) is 87.9 Å². The predicted molar refractivity (Wildman–Crippen MR) is 156 cm³/mol. The molecule has 12 atom stereocenters. The Labute approximate surface area is 235 Å². The Morgan fingerprint density at radius 1 is 0.615 bits per heavy atom. The number of nitrogens with one attached hydrogen (secondary N) is 1. The van der Waals surface area contributed by atoms with Gasteiger partial charge in [0.1, 0.15) is 0 Å². The molecule has 0 heterocycles. The average Bonchev–Trinajstić information content (AvgIpc) is 2.81. The highest BCUT2D eigenvalue weighted by Gasteiger charge is 2.45. The summed E-state index contributed by atoms with van der Waals surface area (Å²) in [5.41, 5.74) is 22.5. The highest BCUT2D eigenvalue weighted by molar-refractivity contribution is 5.73. The molecule has 0 spiro atoms. The number of nitrogens with two attached hydrogens (primary N) is 4. The molecule has 12 nitrogen and oxygen atoms in total. The quantitative estimate of drug-likeness (QED) is 0.208. The summed E-state index contributed by atoms with van der Waals surface area (Å²) in [6.07, 6.45) is 3.92. The van der Waals surface area contributed by atoms with E-state index in [1.54, 1.807) is 7.05 Å². The first-order valence-corrected chi connectivity index (χ1v) is 14.1. The lowest BCUT2D eigenvalue weighted by atomic mass is 9.74. The van der Waals surface area contributed by atoms with Crippen LogP contribution in [0.3, 0.4) is 0 Å². The van der Waals surface area contributed by atoms with E-state index in [4.69, 9.17) is 33.1 Å². The van der Waals surface area contributed by atoms with Crippen molar-refractivity contribution < 1.29 is 19.8 Å². The molecule has 0 aromatic carbocycles. The van der Waals surface area contributed by atoms with Crippen molar-refractivity contribution in [3.8, 4) is 0 Å². The molecule has 4 rings (SSSR count). The molecular weight excluding hydrogens is 500 g/mol. The Balaban J connectivity index is 0.000000261. The van der Waals surface area contributed by atoms with Crippen molar-refractivity contribution in [2.75, 3.05) is 49.3 Å². The van der Waals surface area contributed by atoms with Gasteiger partial charge in [-0.25, -0.2) is 0 Å². The molecule has 11 N–H and O–H groups in total. The number of nitrogens with zero attached hydrogens (tertiary/aromatic N) is 3. The van der Waals surface area contributed by atoms with Gasteiger partial charge in [-0.2, -0.15) is 0 Å². The zero-order valence-corrected chi connectivity index (χ0v) is 25.6. The van der Waals surface area contributed by atoms with E-state index in [1.165, 1.54) is 12.8 Å². The van der Waals surface area contributed by atoms with Crippen LogP contribution in [0.5, 0.6) is 0 Å². The van der Waals surface area contributed by atoms with Crippen LogP contribution in [-0.2, 0) is 9.59 Å². The second kappa shape index (κ2) is 15.6. The van der Waals surface area contributed by atoms with Crippen molar-refractivity contribution in [2.24, 2.45) is 46.6 Å². The van der Waals surface area contributed by atoms with Gasteiger partial charge in [-0.1, -0.05) is 13.8 Å². The van der Waals surface area contributed by atoms with Gasteiger partial charge in [0.25, 0.3) is 0 Å². The molecule has 4 aliphatic rings. The van der Waals surface area contributed by atoms with Gasteiger partial charge in [-0.3, -0.25) is 9.59 Å². The largest absolute Gasteiger partial charge is 0.481 e. The first-order valence-electron chi connectivity index (χ1n) is 14.1. The number of carbonyl (C=O) groups is 2. The SMILES string of the molecule is CC1C(N)CC1N(C)C.CC1C(N)CC1N(C)C.CN(C)C1CC(N)C1C(=O)O.CNC1CC(N)C1C(=O)O. The summed E-state index contributed by atoms with van der Waals surface area (Å²) in [4.78, 5) is 27.5. The number of rotatable bonds is 6. The molecule has 4 fully saturated rings. The van der Waals surface area contributed by atoms with Gasteiger partial charge < -0.3 is 53.2 Å². The van der Waals surface area contributed by atoms with Gasteiger partial charge in [0.2, 0.25) is 0 Å². The lowest BCUT2D eigenvalue weighted by molar-refractivity contribution is -0.149. The Hall–Kier alpha value is -1.38. The highest BCUT2D eigenvalue weighted by atomic mass is 16.4. The van der Waals surface area contributed by atoms with E-state index < -0.39 is 11.9 Å². The third-order valence-electron chi connectivity index (χ3n) is 9.33. The number of carboxylic acids is 2. The number of hydrogen-bond acceptors (Lipinski definition) is 10. The molecular formula is C27H58N8O4. The van der Waals surface area contributed by atoms with Crippen LogP contribution in [0.25, 0.3) is 0 Å². The second-order valence-corrected chi connectivity index (χ2v) is 12.5. The standard InChI is InChI=1S/C7H14N2O2.2C7H16N2.C6H12N2O2/c1-9(2)5-3-4(8)6(5)7(10)11;2*1-5-6(8)4-7(5)9(2)3;1-8-4-2-3(7)5(4)6(9)10/h4-6H,3,8H2,1-2H3,(H,10,11);2*5-7H,4,8H2,1-3H3;3-5,8H,2,7H2,1H3,(H,9,10). The van der Waals surface area contributed by atoms with Crippen LogP contribution in [-0.4, -0.2) is 135 Å². The minimum Gasteiger partial charge on any atom is -0.481 e. The van der Waals surface area contributed by atoms with Crippen LogP contribution in [0.4, 0.5) is 0 Å². The van der Waals surface area contributed by atoms with Crippen molar-refractivity contribution >= 4 is 11.9 Å². The maximum absolute atomic E-state index is 10.6. The zero-order valence-electron chi connectivity index (χ0n) is 25.6. The van der Waals surface area contributed by atoms with Crippen molar-refractivity contribution in [3.63, 3.8) is 0 Å². The van der Waals surface area contributed by atoms with E-state index >= 15 is 0 Å². The third-order valence-corrected chi connectivity index (χ3v) is 9.33. The van der Waals surface area contributed by atoms with Gasteiger partial charge in [0.15, 0.2) is 0 Å².